The fourth-order valence-electron chi connectivity index (χ4n) is 1.19. The Morgan fingerprint density at radius 2 is 2.29 bits per heavy atom. The first-order valence-electron chi connectivity index (χ1n) is 5.26. The number of hydrazine groups is 1. The van der Waals surface area contributed by atoms with Crippen LogP contribution in [0.15, 0.2) is 6.20 Å². The Kier molecular flexibility index (Phi) is 4.58. The molecule has 1 rings (SSSR count). The van der Waals surface area contributed by atoms with E-state index in [-0.39, 0.29) is 17.5 Å². The Hall–Kier alpha value is -1.96. The molecule has 0 unspecified atom stereocenters. The van der Waals surface area contributed by atoms with Crippen molar-refractivity contribution in [3.05, 3.63) is 16.3 Å². The summed E-state index contributed by atoms with van der Waals surface area (Å²) in [5, 5.41) is 13.7. The minimum Gasteiger partial charge on any atom is -0.364 e. The second-order valence-corrected chi connectivity index (χ2v) is 3.94. The maximum atomic E-state index is 10.8. The van der Waals surface area contributed by atoms with Crippen molar-refractivity contribution in [3.63, 3.8) is 0 Å². The summed E-state index contributed by atoms with van der Waals surface area (Å²) in [5.41, 5.74) is 2.09. The molecule has 8 heteroatoms. The summed E-state index contributed by atoms with van der Waals surface area (Å²) in [6.45, 7) is 4.76. The van der Waals surface area contributed by atoms with Crippen LogP contribution in [0.2, 0.25) is 0 Å². The van der Waals surface area contributed by atoms with Gasteiger partial charge in [-0.05, 0) is 12.3 Å². The molecule has 0 radical (unpaired) electrons. The van der Waals surface area contributed by atoms with Crippen molar-refractivity contribution >= 4 is 17.5 Å². The van der Waals surface area contributed by atoms with Crippen molar-refractivity contribution in [3.8, 4) is 0 Å². The first kappa shape index (κ1) is 13.1. The highest BCUT2D eigenvalue weighted by atomic mass is 16.6. The molecule has 8 nitrogen and oxygen atoms in total. The predicted molar refractivity (Wildman–Crippen MR) is 64.4 cm³/mol. The van der Waals surface area contributed by atoms with Crippen molar-refractivity contribution in [2.45, 2.75) is 20.3 Å². The fraction of sp³-hybridized carbons (Fsp3) is 0.556. The number of aromatic nitrogens is 2. The molecule has 0 amide bonds. The summed E-state index contributed by atoms with van der Waals surface area (Å²) in [4.78, 5) is 17.8. The minimum atomic E-state index is -0.530. The van der Waals surface area contributed by atoms with Gasteiger partial charge >= 0.3 is 5.69 Å². The molecule has 0 spiro atoms. The van der Waals surface area contributed by atoms with Gasteiger partial charge in [0.15, 0.2) is 0 Å². The monoisotopic (exact) mass is 240 g/mol. The molecule has 0 aliphatic carbocycles. The molecule has 0 saturated heterocycles. The number of anilines is 2. The Labute approximate surface area is 98.8 Å². The number of nitro groups is 1. The van der Waals surface area contributed by atoms with Crippen LogP contribution < -0.4 is 16.6 Å². The first-order valence-corrected chi connectivity index (χ1v) is 5.26. The van der Waals surface area contributed by atoms with Crippen LogP contribution >= 0.6 is 0 Å². The molecule has 1 heterocycles. The van der Waals surface area contributed by atoms with Crippen molar-refractivity contribution in [2.75, 3.05) is 17.3 Å². The van der Waals surface area contributed by atoms with Gasteiger partial charge in [-0.2, -0.15) is 4.98 Å². The van der Waals surface area contributed by atoms with Gasteiger partial charge in [0.1, 0.15) is 6.20 Å². The van der Waals surface area contributed by atoms with Crippen LogP contribution in [0.3, 0.4) is 0 Å². The second kappa shape index (κ2) is 5.94. The Morgan fingerprint density at radius 3 is 2.82 bits per heavy atom. The number of hydrogen-bond donors (Lipinski definition) is 3. The van der Waals surface area contributed by atoms with Crippen molar-refractivity contribution in [2.24, 2.45) is 11.8 Å². The summed E-state index contributed by atoms with van der Waals surface area (Å²) in [7, 11) is 0. The highest BCUT2D eigenvalue weighted by Crippen LogP contribution is 2.21. The van der Waals surface area contributed by atoms with Gasteiger partial charge in [0.2, 0.25) is 11.8 Å². The van der Waals surface area contributed by atoms with E-state index in [0.29, 0.717) is 12.5 Å². The zero-order chi connectivity index (χ0) is 12.8. The molecule has 94 valence electrons. The van der Waals surface area contributed by atoms with E-state index in [1.807, 2.05) is 0 Å². The molecule has 0 fully saturated rings. The maximum Gasteiger partial charge on any atom is 0.329 e. The van der Waals surface area contributed by atoms with E-state index in [1.165, 1.54) is 0 Å². The Morgan fingerprint density at radius 1 is 1.59 bits per heavy atom. The lowest BCUT2D eigenvalue weighted by molar-refractivity contribution is -0.384. The third-order valence-corrected chi connectivity index (χ3v) is 2.11. The summed E-state index contributed by atoms with van der Waals surface area (Å²) in [6, 6.07) is 0. The summed E-state index contributed by atoms with van der Waals surface area (Å²) >= 11 is 0. The summed E-state index contributed by atoms with van der Waals surface area (Å²) < 4.78 is 0. The highest BCUT2D eigenvalue weighted by Gasteiger charge is 2.16. The zero-order valence-electron chi connectivity index (χ0n) is 9.80. The molecule has 0 bridgehead atoms. The molecule has 0 aliphatic heterocycles. The third-order valence-electron chi connectivity index (χ3n) is 2.11. The van der Waals surface area contributed by atoms with Crippen LogP contribution in [0.25, 0.3) is 0 Å². The largest absolute Gasteiger partial charge is 0.364 e. The average Bonchev–Trinajstić information content (AvgIpc) is 2.28. The first-order chi connectivity index (χ1) is 8.04. The fourth-order valence-corrected chi connectivity index (χ4v) is 1.19. The van der Waals surface area contributed by atoms with E-state index >= 15 is 0 Å². The van der Waals surface area contributed by atoms with Gasteiger partial charge in [0, 0.05) is 6.54 Å². The van der Waals surface area contributed by atoms with Gasteiger partial charge < -0.3 is 5.32 Å². The van der Waals surface area contributed by atoms with E-state index in [0.717, 1.165) is 12.6 Å². The van der Waals surface area contributed by atoms with Crippen LogP contribution in [0.5, 0.6) is 0 Å². The average molecular weight is 240 g/mol. The molecule has 0 saturated carbocycles. The SMILES string of the molecule is CC(C)CCNc1nc(NN)ncc1[N+](=O)[O-]. The van der Waals surface area contributed by atoms with Gasteiger partial charge in [-0.25, -0.2) is 10.8 Å². The smallest absolute Gasteiger partial charge is 0.329 e. The lowest BCUT2D eigenvalue weighted by atomic mass is 10.1. The number of nitrogens with zero attached hydrogens (tertiary/aromatic N) is 3. The van der Waals surface area contributed by atoms with Gasteiger partial charge in [-0.3, -0.25) is 15.5 Å². The molecule has 4 N–H and O–H groups in total. The zero-order valence-corrected chi connectivity index (χ0v) is 9.80. The van der Waals surface area contributed by atoms with Crippen molar-refractivity contribution in [1.82, 2.24) is 9.97 Å². The normalized spacial score (nSPS) is 10.4. The second-order valence-electron chi connectivity index (χ2n) is 3.94. The molecule has 1 aromatic rings. The number of nitrogens with one attached hydrogen (secondary N) is 2. The van der Waals surface area contributed by atoms with Crippen LogP contribution in [-0.4, -0.2) is 21.4 Å². The van der Waals surface area contributed by atoms with Crippen LogP contribution in [0.4, 0.5) is 17.5 Å². The van der Waals surface area contributed by atoms with E-state index in [9.17, 15) is 10.1 Å². The van der Waals surface area contributed by atoms with Crippen LogP contribution in [0, 0.1) is 16.0 Å². The molecular formula is C9H16N6O2. The molecule has 17 heavy (non-hydrogen) atoms. The molecular weight excluding hydrogens is 224 g/mol. The van der Waals surface area contributed by atoms with Gasteiger partial charge in [0.05, 0.1) is 4.92 Å². The topological polar surface area (TPSA) is 119 Å². The van der Waals surface area contributed by atoms with E-state index in [2.05, 4.69) is 34.6 Å². The van der Waals surface area contributed by atoms with Crippen molar-refractivity contribution in [1.29, 1.82) is 0 Å². The highest BCUT2D eigenvalue weighted by molar-refractivity contribution is 5.56. The summed E-state index contributed by atoms with van der Waals surface area (Å²) in [6.07, 6.45) is 2.02. The predicted octanol–water partition coefficient (Wildman–Crippen LogP) is 1.13. The van der Waals surface area contributed by atoms with Gasteiger partial charge in [-0.1, -0.05) is 13.8 Å². The molecule has 0 aromatic carbocycles. The third kappa shape index (κ3) is 3.83. The van der Waals surface area contributed by atoms with Crippen LogP contribution in [0.1, 0.15) is 20.3 Å². The Balaban J connectivity index is 2.82. The number of nitrogens with two attached hydrogens (primary N) is 1. The molecule has 1 aromatic heterocycles. The minimum absolute atomic E-state index is 0.141. The number of nitrogen functional groups attached to an aromatic ring is 1. The van der Waals surface area contributed by atoms with E-state index in [1.54, 1.807) is 0 Å². The number of hydrogen-bond acceptors (Lipinski definition) is 7. The molecule has 0 aliphatic rings. The van der Waals surface area contributed by atoms with Gasteiger partial charge in [-0.15, -0.1) is 0 Å². The van der Waals surface area contributed by atoms with Crippen LogP contribution in [-0.2, 0) is 0 Å². The van der Waals surface area contributed by atoms with Crippen molar-refractivity contribution < 1.29 is 4.92 Å². The van der Waals surface area contributed by atoms with Gasteiger partial charge in [0.25, 0.3) is 0 Å². The van der Waals surface area contributed by atoms with E-state index < -0.39 is 4.92 Å². The lowest BCUT2D eigenvalue weighted by Gasteiger charge is -2.08. The lowest BCUT2D eigenvalue weighted by Crippen LogP contribution is -2.14. The summed E-state index contributed by atoms with van der Waals surface area (Å²) in [5.74, 6) is 5.98. The standard InChI is InChI=1S/C9H16N6O2/c1-6(2)3-4-11-8-7(15(16)17)5-12-9(13-8)14-10/h5-6H,3-4,10H2,1-2H3,(H2,11,12,13,14). The molecule has 0 atom stereocenters. The Bertz CT molecular complexity index is 395. The number of rotatable bonds is 6. The maximum absolute atomic E-state index is 10.8. The quantitative estimate of drug-likeness (QED) is 0.387. The van der Waals surface area contributed by atoms with E-state index in [4.69, 9.17) is 5.84 Å².